The minimum atomic E-state index is 0.982. The zero-order valence-electron chi connectivity index (χ0n) is 23.0. The molecule has 200 valence electrons. The summed E-state index contributed by atoms with van der Waals surface area (Å²) in [6.07, 6.45) is 1.90. The highest BCUT2D eigenvalue weighted by Crippen LogP contribution is 2.47. The van der Waals surface area contributed by atoms with E-state index in [1.54, 1.807) is 0 Å². The summed E-state index contributed by atoms with van der Waals surface area (Å²) in [7, 11) is 0. The van der Waals surface area contributed by atoms with Crippen molar-refractivity contribution in [3.05, 3.63) is 134 Å². The van der Waals surface area contributed by atoms with Crippen molar-refractivity contribution in [1.29, 1.82) is 0 Å². The van der Waals surface area contributed by atoms with Crippen molar-refractivity contribution in [2.24, 2.45) is 0 Å². The van der Waals surface area contributed by atoms with Crippen LogP contribution < -0.4 is 0 Å². The van der Waals surface area contributed by atoms with Crippen LogP contribution >= 0.6 is 11.3 Å². The highest BCUT2D eigenvalue weighted by molar-refractivity contribution is 7.27. The lowest BCUT2D eigenvalue weighted by atomic mass is 9.99. The van der Waals surface area contributed by atoms with Gasteiger partial charge in [-0.3, -0.25) is 4.57 Å². The fourth-order valence-electron chi connectivity index (χ4n) is 7.07. The van der Waals surface area contributed by atoms with Crippen LogP contribution in [-0.4, -0.2) is 14.5 Å². The van der Waals surface area contributed by atoms with E-state index in [0.717, 1.165) is 11.3 Å². The summed E-state index contributed by atoms with van der Waals surface area (Å²) in [5, 5.41) is 10.2. The highest BCUT2D eigenvalue weighted by atomic mass is 32.1. The SMILES string of the molecule is c1ccc(-c2ccc(-n3c4cc5c(cc4c4cccnc43)sc3c5c4ccccc4c4[nH]c5ccccc5c43)cc2)cc1. The Morgan fingerprint density at radius 2 is 1.28 bits per heavy atom. The van der Waals surface area contributed by atoms with E-state index < -0.39 is 0 Å². The number of nitrogens with one attached hydrogen (secondary N) is 1. The number of nitrogens with zero attached hydrogens (tertiary/aromatic N) is 2. The van der Waals surface area contributed by atoms with Gasteiger partial charge in [0.2, 0.25) is 0 Å². The molecule has 0 unspecified atom stereocenters. The van der Waals surface area contributed by atoms with E-state index in [2.05, 4.69) is 131 Å². The molecule has 3 nitrogen and oxygen atoms in total. The van der Waals surface area contributed by atoms with E-state index in [1.807, 2.05) is 23.6 Å². The Bertz CT molecular complexity index is 2710. The molecule has 10 aromatic rings. The second-order valence-electron chi connectivity index (χ2n) is 11.3. The van der Waals surface area contributed by atoms with Crippen LogP contribution in [0.1, 0.15) is 0 Å². The molecule has 0 saturated heterocycles. The second kappa shape index (κ2) is 8.54. The molecule has 10 rings (SSSR count). The first-order chi connectivity index (χ1) is 21.3. The third kappa shape index (κ3) is 3.16. The number of para-hydroxylation sites is 1. The maximum absolute atomic E-state index is 4.89. The van der Waals surface area contributed by atoms with Crippen LogP contribution in [0.2, 0.25) is 0 Å². The summed E-state index contributed by atoms with van der Waals surface area (Å²) in [5.74, 6) is 0. The fraction of sp³-hybridized carbons (Fsp3) is 0. The Morgan fingerprint density at radius 1 is 0.558 bits per heavy atom. The Hall–Kier alpha value is -5.45. The highest BCUT2D eigenvalue weighted by Gasteiger charge is 2.20. The van der Waals surface area contributed by atoms with Crippen LogP contribution in [0, 0.1) is 0 Å². The average Bonchev–Trinajstić information content (AvgIpc) is 3.74. The topological polar surface area (TPSA) is 33.6 Å². The molecular weight excluding hydrogens is 543 g/mol. The van der Waals surface area contributed by atoms with Gasteiger partial charge in [-0.25, -0.2) is 4.98 Å². The van der Waals surface area contributed by atoms with Crippen molar-refractivity contribution >= 4 is 86.0 Å². The summed E-state index contributed by atoms with van der Waals surface area (Å²) < 4.78 is 4.97. The quantitative estimate of drug-likeness (QED) is 0.222. The summed E-state index contributed by atoms with van der Waals surface area (Å²) in [6, 6.07) is 46.0. The smallest absolute Gasteiger partial charge is 0.145 e. The van der Waals surface area contributed by atoms with Crippen LogP contribution in [0.3, 0.4) is 0 Å². The van der Waals surface area contributed by atoms with E-state index in [4.69, 9.17) is 4.98 Å². The molecule has 1 N–H and O–H groups in total. The van der Waals surface area contributed by atoms with Crippen molar-refractivity contribution in [2.45, 2.75) is 0 Å². The maximum atomic E-state index is 4.89. The van der Waals surface area contributed by atoms with Crippen LogP contribution in [0.25, 0.3) is 91.5 Å². The lowest BCUT2D eigenvalue weighted by molar-refractivity contribution is 1.14. The molecule has 0 fully saturated rings. The number of aromatic nitrogens is 3. The van der Waals surface area contributed by atoms with Gasteiger partial charge in [0, 0.05) is 64.5 Å². The van der Waals surface area contributed by atoms with E-state index in [9.17, 15) is 0 Å². The monoisotopic (exact) mass is 565 g/mol. The molecule has 0 atom stereocenters. The molecule has 4 heterocycles. The number of H-pyrrole nitrogens is 1. The lowest BCUT2D eigenvalue weighted by Gasteiger charge is -2.09. The van der Waals surface area contributed by atoms with Gasteiger partial charge in [-0.15, -0.1) is 11.3 Å². The summed E-state index contributed by atoms with van der Waals surface area (Å²) >= 11 is 1.90. The molecule has 0 radical (unpaired) electrons. The Morgan fingerprint density at radius 3 is 2.14 bits per heavy atom. The molecule has 43 heavy (non-hydrogen) atoms. The van der Waals surface area contributed by atoms with Crippen molar-refractivity contribution in [3.63, 3.8) is 0 Å². The van der Waals surface area contributed by atoms with Gasteiger partial charge in [-0.1, -0.05) is 84.9 Å². The molecule has 0 spiro atoms. The first kappa shape index (κ1) is 23.1. The number of thiophene rings is 1. The first-order valence-electron chi connectivity index (χ1n) is 14.6. The average molecular weight is 566 g/mol. The maximum Gasteiger partial charge on any atom is 0.145 e. The first-order valence-corrected chi connectivity index (χ1v) is 15.4. The molecule has 0 aliphatic rings. The molecule has 0 saturated carbocycles. The largest absolute Gasteiger partial charge is 0.354 e. The lowest BCUT2D eigenvalue weighted by Crippen LogP contribution is -1.95. The van der Waals surface area contributed by atoms with Gasteiger partial charge in [0.05, 0.1) is 11.0 Å². The van der Waals surface area contributed by atoms with Crippen molar-refractivity contribution < 1.29 is 0 Å². The molecular formula is C39H23N3S. The Balaban J connectivity index is 1.33. The molecule has 4 heteroatoms. The summed E-state index contributed by atoms with van der Waals surface area (Å²) in [6.45, 7) is 0. The van der Waals surface area contributed by atoms with Crippen molar-refractivity contribution in [3.8, 4) is 16.8 Å². The van der Waals surface area contributed by atoms with Gasteiger partial charge in [0.1, 0.15) is 5.65 Å². The standard InChI is InChI=1S/C39H23N3S/c1-2-9-23(10-3-1)24-16-18-25(19-17-24)42-33-21-31-34(22-30(33)28-14-8-20-40-39(28)42)43-38-35(31)26-11-4-5-12-27(26)37-36(38)29-13-6-7-15-32(29)41-37/h1-22,41H. The third-order valence-electron chi connectivity index (χ3n) is 8.97. The minimum absolute atomic E-state index is 0.982. The number of hydrogen-bond donors (Lipinski definition) is 1. The van der Waals surface area contributed by atoms with Crippen molar-refractivity contribution in [2.75, 3.05) is 0 Å². The second-order valence-corrected chi connectivity index (χ2v) is 12.3. The minimum Gasteiger partial charge on any atom is -0.354 e. The number of pyridine rings is 1. The van der Waals surface area contributed by atoms with E-state index >= 15 is 0 Å². The van der Waals surface area contributed by atoms with Gasteiger partial charge in [0.25, 0.3) is 0 Å². The normalized spacial score (nSPS) is 12.2. The van der Waals surface area contributed by atoms with Crippen LogP contribution in [-0.2, 0) is 0 Å². The van der Waals surface area contributed by atoms with Crippen molar-refractivity contribution in [1.82, 2.24) is 14.5 Å². The number of benzene rings is 6. The van der Waals surface area contributed by atoms with E-state index in [1.165, 1.54) is 80.2 Å². The molecule has 4 aromatic heterocycles. The zero-order chi connectivity index (χ0) is 28.1. The van der Waals surface area contributed by atoms with E-state index in [0.29, 0.717) is 0 Å². The Labute approximate surface area is 250 Å². The van der Waals surface area contributed by atoms with Gasteiger partial charge >= 0.3 is 0 Å². The summed E-state index contributed by atoms with van der Waals surface area (Å²) in [4.78, 5) is 8.64. The fourth-order valence-corrected chi connectivity index (χ4v) is 8.37. The van der Waals surface area contributed by atoms with Crippen LogP contribution in [0.4, 0.5) is 0 Å². The third-order valence-corrected chi connectivity index (χ3v) is 10.1. The summed E-state index contributed by atoms with van der Waals surface area (Å²) in [5.41, 5.74) is 8.10. The number of rotatable bonds is 2. The predicted molar refractivity (Wildman–Crippen MR) is 184 cm³/mol. The molecule has 6 aromatic carbocycles. The predicted octanol–water partition coefficient (Wildman–Crippen LogP) is 11.0. The molecule has 0 aliphatic heterocycles. The van der Waals surface area contributed by atoms with Gasteiger partial charge in [-0.05, 0) is 59.0 Å². The van der Waals surface area contributed by atoms with Gasteiger partial charge in [-0.2, -0.15) is 0 Å². The Kier molecular flexibility index (Phi) is 4.60. The van der Waals surface area contributed by atoms with Crippen LogP contribution in [0.15, 0.2) is 134 Å². The van der Waals surface area contributed by atoms with Gasteiger partial charge < -0.3 is 4.98 Å². The number of fused-ring (bicyclic) bond motifs is 13. The molecule has 0 amide bonds. The van der Waals surface area contributed by atoms with Crippen LogP contribution in [0.5, 0.6) is 0 Å². The van der Waals surface area contributed by atoms with E-state index in [-0.39, 0.29) is 0 Å². The zero-order valence-corrected chi connectivity index (χ0v) is 23.8. The van der Waals surface area contributed by atoms with Gasteiger partial charge in [0.15, 0.2) is 0 Å². The molecule has 0 bridgehead atoms. The molecule has 0 aliphatic carbocycles. The number of aromatic amines is 1. The number of hydrogen-bond acceptors (Lipinski definition) is 2.